The lowest BCUT2D eigenvalue weighted by atomic mass is 10.1. The molecule has 0 saturated carbocycles. The maximum Gasteiger partial charge on any atom is 0.260 e. The monoisotopic (exact) mass is 291 g/mol. The van der Waals surface area contributed by atoms with Gasteiger partial charge in [0, 0.05) is 13.0 Å². The lowest BCUT2D eigenvalue weighted by Gasteiger charge is -2.05. The summed E-state index contributed by atoms with van der Waals surface area (Å²) in [6.07, 6.45) is 1.50. The van der Waals surface area contributed by atoms with Crippen LogP contribution in [0, 0.1) is 5.92 Å². The predicted molar refractivity (Wildman–Crippen MR) is 82.2 cm³/mol. The lowest BCUT2D eigenvalue weighted by molar-refractivity contribution is 0.0386. The summed E-state index contributed by atoms with van der Waals surface area (Å²) in [5.74, 6) is 1.43. The second-order valence-corrected chi connectivity index (χ2v) is 5.68. The smallest absolute Gasteiger partial charge is 0.260 e. The molecule has 2 rings (SSSR count). The average molecular weight is 291 g/mol. The second-order valence-electron chi connectivity index (χ2n) is 5.68. The molecule has 2 N–H and O–H groups in total. The summed E-state index contributed by atoms with van der Waals surface area (Å²) in [6, 6.07) is 10.0. The molecule has 1 aromatic carbocycles. The molecule has 0 radical (unpaired) electrons. The summed E-state index contributed by atoms with van der Waals surface area (Å²) in [5, 5.41) is 0. The maximum absolute atomic E-state index is 5.97. The predicted octanol–water partition coefficient (Wildman–Crippen LogP) is 3.18. The first-order valence-corrected chi connectivity index (χ1v) is 7.55. The van der Waals surface area contributed by atoms with Gasteiger partial charge in [0.15, 0.2) is 5.76 Å². The van der Waals surface area contributed by atoms with Crippen LogP contribution in [0.25, 0.3) is 0 Å². The van der Waals surface area contributed by atoms with Crippen molar-refractivity contribution in [2.24, 2.45) is 11.7 Å². The zero-order valence-electron chi connectivity index (χ0n) is 12.9. The fourth-order valence-corrected chi connectivity index (χ4v) is 1.89. The van der Waals surface area contributed by atoms with Crippen molar-refractivity contribution >= 4 is 0 Å². The minimum Gasteiger partial charge on any atom is -0.453 e. The molecule has 4 nitrogen and oxygen atoms in total. The Balaban J connectivity index is 1.62. The number of nitrogens with two attached hydrogens (primary N) is 1. The van der Waals surface area contributed by atoms with Crippen LogP contribution in [0.2, 0.25) is 0 Å². The van der Waals surface area contributed by atoms with Gasteiger partial charge >= 0.3 is 0 Å². The number of benzene rings is 1. The molecule has 1 saturated heterocycles. The van der Waals surface area contributed by atoms with Crippen molar-refractivity contribution in [2.75, 3.05) is 13.2 Å². The molecule has 116 valence electrons. The number of ether oxygens (including phenoxy) is 3. The summed E-state index contributed by atoms with van der Waals surface area (Å²) in [4.78, 5) is 0. The molecule has 4 heteroatoms. The van der Waals surface area contributed by atoms with Crippen molar-refractivity contribution in [2.45, 2.75) is 39.6 Å². The molecule has 1 aliphatic heterocycles. The van der Waals surface area contributed by atoms with Gasteiger partial charge in [-0.3, -0.25) is 0 Å². The van der Waals surface area contributed by atoms with Gasteiger partial charge in [0.1, 0.15) is 0 Å². The van der Waals surface area contributed by atoms with Gasteiger partial charge in [-0.15, -0.1) is 0 Å². The minimum atomic E-state index is -0.277. The van der Waals surface area contributed by atoms with E-state index in [0.717, 1.165) is 30.0 Å². The Bertz CT molecular complexity index is 456. The molecule has 1 atom stereocenters. The van der Waals surface area contributed by atoms with Gasteiger partial charge in [-0.1, -0.05) is 44.2 Å². The summed E-state index contributed by atoms with van der Waals surface area (Å²) in [5.41, 5.74) is 7.84. The minimum absolute atomic E-state index is 0.277. The van der Waals surface area contributed by atoms with Crippen LogP contribution in [0.3, 0.4) is 0 Å². The Morgan fingerprint density at radius 2 is 2.00 bits per heavy atom. The first-order valence-electron chi connectivity index (χ1n) is 7.55. The Hall–Kier alpha value is -1.52. The van der Waals surface area contributed by atoms with E-state index in [-0.39, 0.29) is 6.29 Å². The first kappa shape index (κ1) is 15.9. The molecule has 21 heavy (non-hydrogen) atoms. The highest BCUT2D eigenvalue weighted by molar-refractivity contribution is 5.18. The zero-order chi connectivity index (χ0) is 15.1. The normalized spacial score (nSPS) is 19.5. The van der Waals surface area contributed by atoms with E-state index < -0.39 is 0 Å². The van der Waals surface area contributed by atoms with E-state index in [1.54, 1.807) is 0 Å². The fraction of sp³-hybridized carbons (Fsp3) is 0.529. The van der Waals surface area contributed by atoms with E-state index in [2.05, 4.69) is 13.8 Å². The van der Waals surface area contributed by atoms with Gasteiger partial charge in [-0.05, 0) is 17.9 Å². The molecule has 1 unspecified atom stereocenters. The van der Waals surface area contributed by atoms with Crippen molar-refractivity contribution in [1.29, 1.82) is 0 Å². The molecule has 0 aliphatic carbocycles. The van der Waals surface area contributed by atoms with Gasteiger partial charge in [0.25, 0.3) is 6.29 Å². The van der Waals surface area contributed by atoms with Gasteiger partial charge in [-0.25, -0.2) is 0 Å². The van der Waals surface area contributed by atoms with E-state index in [4.69, 9.17) is 19.9 Å². The Morgan fingerprint density at radius 1 is 1.24 bits per heavy atom. The largest absolute Gasteiger partial charge is 0.453 e. The van der Waals surface area contributed by atoms with Gasteiger partial charge in [0.05, 0.1) is 18.9 Å². The summed E-state index contributed by atoms with van der Waals surface area (Å²) in [6.45, 7) is 6.33. The van der Waals surface area contributed by atoms with Gasteiger partial charge < -0.3 is 19.9 Å². The lowest BCUT2D eigenvalue weighted by Crippen LogP contribution is -2.06. The van der Waals surface area contributed by atoms with Gasteiger partial charge in [-0.2, -0.15) is 0 Å². The summed E-state index contributed by atoms with van der Waals surface area (Å²) in [7, 11) is 0. The Morgan fingerprint density at radius 3 is 2.71 bits per heavy atom. The number of hydrogen-bond acceptors (Lipinski definition) is 4. The van der Waals surface area contributed by atoms with Crippen molar-refractivity contribution < 1.29 is 14.2 Å². The van der Waals surface area contributed by atoms with E-state index in [0.29, 0.717) is 25.6 Å². The topological polar surface area (TPSA) is 57.0 Å². The van der Waals surface area contributed by atoms with Gasteiger partial charge in [0.2, 0.25) is 0 Å². The molecule has 0 spiro atoms. The molecule has 1 aliphatic rings. The third-order valence-corrected chi connectivity index (χ3v) is 3.31. The second kappa shape index (κ2) is 8.05. The fourth-order valence-electron chi connectivity index (χ4n) is 1.89. The van der Waals surface area contributed by atoms with Crippen LogP contribution >= 0.6 is 0 Å². The van der Waals surface area contributed by atoms with E-state index in [1.165, 1.54) is 0 Å². The van der Waals surface area contributed by atoms with E-state index in [9.17, 15) is 0 Å². The molecular weight excluding hydrogens is 266 g/mol. The quantitative estimate of drug-likeness (QED) is 0.561. The third-order valence-electron chi connectivity index (χ3n) is 3.31. The number of rotatable bonds is 9. The van der Waals surface area contributed by atoms with Crippen LogP contribution in [0.1, 0.15) is 32.3 Å². The van der Waals surface area contributed by atoms with Crippen molar-refractivity contribution in [1.82, 2.24) is 0 Å². The van der Waals surface area contributed by atoms with Crippen LogP contribution in [0.5, 0.6) is 0 Å². The number of epoxide rings is 1. The molecule has 0 aromatic heterocycles. The third kappa shape index (κ3) is 5.78. The standard InChI is InChI=1S/C17H25NO3/c1-13(2)8-10-19-11-9-15(18)16-17(21-16)20-12-14-6-4-3-5-7-14/h3-7,13,17H,8-12,18H2,1-2H3/b16-15-. The maximum atomic E-state index is 5.97. The van der Waals surface area contributed by atoms with E-state index >= 15 is 0 Å². The SMILES string of the molecule is CC(C)CCOCC/C(N)=C1/OC1OCc1ccccc1. The highest BCUT2D eigenvalue weighted by Gasteiger charge is 2.36. The molecule has 1 fully saturated rings. The zero-order valence-corrected chi connectivity index (χ0v) is 12.9. The van der Waals surface area contributed by atoms with Crippen molar-refractivity contribution in [3.8, 4) is 0 Å². The average Bonchev–Trinajstić information content (AvgIpc) is 3.25. The van der Waals surface area contributed by atoms with Crippen LogP contribution in [0.15, 0.2) is 41.8 Å². The molecule has 0 bridgehead atoms. The first-order chi connectivity index (χ1) is 10.2. The molecule has 1 heterocycles. The summed E-state index contributed by atoms with van der Waals surface area (Å²) < 4.78 is 16.6. The van der Waals surface area contributed by atoms with Crippen molar-refractivity contribution in [3.05, 3.63) is 47.4 Å². The van der Waals surface area contributed by atoms with Crippen LogP contribution in [-0.2, 0) is 20.8 Å². The molecule has 0 amide bonds. The number of hydrogen-bond donors (Lipinski definition) is 1. The Kier molecular flexibility index (Phi) is 6.08. The highest BCUT2D eigenvalue weighted by atomic mass is 16.8. The van der Waals surface area contributed by atoms with E-state index in [1.807, 2.05) is 30.3 Å². The molecular formula is C17H25NO3. The summed E-state index contributed by atoms with van der Waals surface area (Å²) >= 11 is 0. The highest BCUT2D eigenvalue weighted by Crippen LogP contribution is 2.31. The molecule has 1 aromatic rings. The van der Waals surface area contributed by atoms with Crippen LogP contribution in [-0.4, -0.2) is 19.5 Å². The van der Waals surface area contributed by atoms with Crippen LogP contribution in [0.4, 0.5) is 0 Å². The van der Waals surface area contributed by atoms with Crippen molar-refractivity contribution in [3.63, 3.8) is 0 Å². The van der Waals surface area contributed by atoms with Crippen LogP contribution < -0.4 is 5.73 Å². The Labute approximate surface area is 126 Å².